The van der Waals surface area contributed by atoms with Crippen LogP contribution in [-0.4, -0.2) is 18.4 Å². The molecule has 0 saturated carbocycles. The smallest absolute Gasteiger partial charge is 0.236 e. The van der Waals surface area contributed by atoms with Crippen molar-refractivity contribution >= 4 is 22.8 Å². The van der Waals surface area contributed by atoms with Crippen LogP contribution in [0.5, 0.6) is 11.5 Å². The van der Waals surface area contributed by atoms with Crippen LogP contribution < -0.4 is 27.6 Å². The van der Waals surface area contributed by atoms with Crippen LogP contribution in [0.4, 0.5) is 5.69 Å². The number of hydrazone groups is 1. The Balaban J connectivity index is 0.00000192. The van der Waals surface area contributed by atoms with Crippen molar-refractivity contribution < 1.29 is 27.2 Å². The van der Waals surface area contributed by atoms with Gasteiger partial charge in [0.1, 0.15) is 5.69 Å². The number of benzene rings is 2. The molecule has 1 heterocycles. The van der Waals surface area contributed by atoms with Gasteiger partial charge in [0.05, 0.1) is 13.3 Å². The minimum atomic E-state index is 0. The molecule has 0 amide bonds. The number of H-pyrrole nitrogens is 1. The van der Waals surface area contributed by atoms with E-state index in [2.05, 4.69) is 15.5 Å². The third kappa shape index (κ3) is 3.52. The van der Waals surface area contributed by atoms with E-state index in [1.54, 1.807) is 24.4 Å². The molecule has 0 saturated heterocycles. The van der Waals surface area contributed by atoms with Crippen LogP contribution in [-0.2, 0) is 0 Å². The van der Waals surface area contributed by atoms with Crippen molar-refractivity contribution in [2.24, 2.45) is 5.10 Å². The molecule has 5 nitrogen and oxygen atoms in total. The topological polar surface area (TPSA) is 68.0 Å². The number of phenolic OH excluding ortho intramolecular Hbond substituents is 1. The highest BCUT2D eigenvalue weighted by Gasteiger charge is 2.06. The van der Waals surface area contributed by atoms with E-state index in [1.807, 2.05) is 36.5 Å². The summed E-state index contributed by atoms with van der Waals surface area (Å²) in [6.07, 6.45) is 3.42. The highest BCUT2D eigenvalue weighted by molar-refractivity contribution is 5.89. The number of ether oxygens (including phenoxy) is 1. The van der Waals surface area contributed by atoms with E-state index in [0.29, 0.717) is 11.3 Å². The van der Waals surface area contributed by atoms with Gasteiger partial charge < -0.3 is 22.3 Å². The van der Waals surface area contributed by atoms with E-state index < -0.39 is 0 Å². The standard InChI is InChI=1S/C17H15N3O2.ClH/c1-22-15-9-3-6-13(17(15)21)11-19-20-14-8-2-5-12-7-4-10-18-16(12)14;/h2-11,20-21H,1H3;1H. The Bertz CT molecular complexity index is 832. The van der Waals surface area contributed by atoms with E-state index in [-0.39, 0.29) is 18.2 Å². The Kier molecular flexibility index (Phi) is 5.38. The van der Waals surface area contributed by atoms with Crippen molar-refractivity contribution in [1.82, 2.24) is 0 Å². The van der Waals surface area contributed by atoms with Gasteiger partial charge in [-0.15, -0.1) is 0 Å². The molecule has 2 aromatic carbocycles. The second-order valence-electron chi connectivity index (χ2n) is 4.71. The summed E-state index contributed by atoms with van der Waals surface area (Å²) in [5, 5.41) is 15.3. The molecule has 0 atom stereocenters. The van der Waals surface area contributed by atoms with E-state index in [0.717, 1.165) is 16.6 Å². The first-order chi connectivity index (χ1) is 10.8. The van der Waals surface area contributed by atoms with Crippen LogP contribution in [0.3, 0.4) is 0 Å². The normalized spacial score (nSPS) is 10.5. The number of aromatic amines is 1. The van der Waals surface area contributed by atoms with Crippen molar-refractivity contribution in [2.75, 3.05) is 12.5 Å². The summed E-state index contributed by atoms with van der Waals surface area (Å²) in [6, 6.07) is 15.1. The zero-order valence-electron chi connectivity index (χ0n) is 12.5. The van der Waals surface area contributed by atoms with E-state index in [4.69, 9.17) is 4.74 Å². The SMILES string of the molecule is COc1cccc(C=NNc2cccc3ccc[nH+]c23)c1O.[Cl-]. The number of nitrogens with zero attached hydrogens (tertiary/aromatic N) is 1. The molecular formula is C17H16ClN3O2. The maximum absolute atomic E-state index is 10.0. The van der Waals surface area contributed by atoms with Crippen molar-refractivity contribution in [3.05, 3.63) is 60.3 Å². The molecule has 3 N–H and O–H groups in total. The van der Waals surface area contributed by atoms with Crippen LogP contribution in [0.25, 0.3) is 10.9 Å². The number of rotatable bonds is 4. The molecule has 0 aliphatic rings. The Hall–Kier alpha value is -2.79. The lowest BCUT2D eigenvalue weighted by Crippen LogP contribution is -3.00. The summed E-state index contributed by atoms with van der Waals surface area (Å²) in [6.45, 7) is 0. The fourth-order valence-electron chi connectivity index (χ4n) is 2.23. The number of pyridine rings is 1. The van der Waals surface area contributed by atoms with Gasteiger partial charge in [-0.3, -0.25) is 5.43 Å². The van der Waals surface area contributed by atoms with Crippen LogP contribution >= 0.6 is 0 Å². The van der Waals surface area contributed by atoms with Crippen LogP contribution in [0.2, 0.25) is 0 Å². The third-order valence-corrected chi connectivity index (χ3v) is 3.34. The molecule has 118 valence electrons. The monoisotopic (exact) mass is 329 g/mol. The predicted molar refractivity (Wildman–Crippen MR) is 86.4 cm³/mol. The lowest BCUT2D eigenvalue weighted by molar-refractivity contribution is -0.344. The highest BCUT2D eigenvalue weighted by atomic mass is 35.5. The number of fused-ring (bicyclic) bond motifs is 1. The molecule has 0 radical (unpaired) electrons. The van der Waals surface area contributed by atoms with Gasteiger partial charge in [0, 0.05) is 17.0 Å². The number of aromatic hydroxyl groups is 1. The molecule has 1 aromatic heterocycles. The van der Waals surface area contributed by atoms with Crippen LogP contribution in [0, 0.1) is 0 Å². The van der Waals surface area contributed by atoms with Gasteiger partial charge in [-0.1, -0.05) is 12.1 Å². The average Bonchev–Trinajstić information content (AvgIpc) is 2.56. The van der Waals surface area contributed by atoms with Crippen LogP contribution in [0.15, 0.2) is 59.8 Å². The molecule has 3 aromatic rings. The van der Waals surface area contributed by atoms with Gasteiger partial charge in [0.25, 0.3) is 0 Å². The van der Waals surface area contributed by atoms with Crippen molar-refractivity contribution in [1.29, 1.82) is 0 Å². The lowest BCUT2D eigenvalue weighted by atomic mass is 10.2. The number of aromatic nitrogens is 1. The quantitative estimate of drug-likeness (QED) is 0.515. The van der Waals surface area contributed by atoms with Gasteiger partial charge in [-0.2, -0.15) is 5.10 Å². The highest BCUT2D eigenvalue weighted by Crippen LogP contribution is 2.28. The first-order valence-electron chi connectivity index (χ1n) is 6.84. The van der Waals surface area contributed by atoms with Crippen molar-refractivity contribution in [3.8, 4) is 11.5 Å². The average molecular weight is 330 g/mol. The summed E-state index contributed by atoms with van der Waals surface area (Å²) < 4.78 is 5.07. The van der Waals surface area contributed by atoms with Crippen LogP contribution in [0.1, 0.15) is 5.56 Å². The van der Waals surface area contributed by atoms with E-state index in [1.165, 1.54) is 7.11 Å². The molecule has 0 aliphatic heterocycles. The number of anilines is 1. The third-order valence-electron chi connectivity index (χ3n) is 3.34. The molecule has 0 fully saturated rings. The van der Waals surface area contributed by atoms with Crippen molar-refractivity contribution in [3.63, 3.8) is 0 Å². The Morgan fingerprint density at radius 3 is 2.74 bits per heavy atom. The number of methoxy groups -OCH3 is 1. The first-order valence-corrected chi connectivity index (χ1v) is 6.84. The maximum Gasteiger partial charge on any atom is 0.236 e. The Morgan fingerprint density at radius 1 is 1.13 bits per heavy atom. The van der Waals surface area contributed by atoms with E-state index >= 15 is 0 Å². The largest absolute Gasteiger partial charge is 1.00 e. The number of halogens is 1. The summed E-state index contributed by atoms with van der Waals surface area (Å²) in [5.74, 6) is 0.488. The number of nitrogens with one attached hydrogen (secondary N) is 2. The second-order valence-corrected chi connectivity index (χ2v) is 4.71. The summed E-state index contributed by atoms with van der Waals surface area (Å²) in [5.41, 5.74) is 5.39. The molecule has 3 rings (SSSR count). The lowest BCUT2D eigenvalue weighted by Gasteiger charge is -2.05. The van der Waals surface area contributed by atoms with Crippen molar-refractivity contribution in [2.45, 2.75) is 0 Å². The molecular weight excluding hydrogens is 314 g/mol. The molecule has 0 unspecified atom stereocenters. The number of hydrogen-bond donors (Lipinski definition) is 2. The van der Waals surface area contributed by atoms with Gasteiger partial charge in [0.2, 0.25) is 5.52 Å². The van der Waals surface area contributed by atoms with Gasteiger partial charge >= 0.3 is 0 Å². The Morgan fingerprint density at radius 2 is 1.91 bits per heavy atom. The van der Waals surface area contributed by atoms with E-state index in [9.17, 15) is 5.11 Å². The molecule has 6 heteroatoms. The predicted octanol–water partition coefficient (Wildman–Crippen LogP) is -0.182. The summed E-state index contributed by atoms with van der Waals surface area (Å²) in [4.78, 5) is 3.19. The van der Waals surface area contributed by atoms with Gasteiger partial charge in [0.15, 0.2) is 17.7 Å². The summed E-state index contributed by atoms with van der Waals surface area (Å²) >= 11 is 0. The number of para-hydroxylation sites is 2. The molecule has 0 bridgehead atoms. The number of phenols is 1. The Labute approximate surface area is 140 Å². The van der Waals surface area contributed by atoms with Gasteiger partial charge in [-0.05, 0) is 30.3 Å². The maximum atomic E-state index is 10.0. The fourth-order valence-corrected chi connectivity index (χ4v) is 2.23. The fraction of sp³-hybridized carbons (Fsp3) is 0.0588. The minimum Gasteiger partial charge on any atom is -1.00 e. The van der Waals surface area contributed by atoms with Gasteiger partial charge in [-0.25, -0.2) is 4.98 Å². The summed E-state index contributed by atoms with van der Waals surface area (Å²) in [7, 11) is 1.51. The first kappa shape index (κ1) is 16.6. The zero-order valence-corrected chi connectivity index (χ0v) is 13.2. The molecule has 23 heavy (non-hydrogen) atoms. The molecule has 0 aliphatic carbocycles. The number of hydrogen-bond acceptors (Lipinski definition) is 4. The second kappa shape index (κ2) is 7.47. The minimum absolute atomic E-state index is 0. The zero-order chi connectivity index (χ0) is 15.4. The molecule has 0 spiro atoms.